The molecule has 1 aliphatic rings. The van der Waals surface area contributed by atoms with Crippen molar-refractivity contribution in [3.8, 4) is 5.75 Å². The molecule has 2 heterocycles. The number of likely N-dealkylation sites (tertiary alicyclic amines) is 1. The van der Waals surface area contributed by atoms with E-state index < -0.39 is 11.9 Å². The average Bonchev–Trinajstić information content (AvgIpc) is 3.20. The minimum absolute atomic E-state index is 0.0524. The summed E-state index contributed by atoms with van der Waals surface area (Å²) in [6.45, 7) is 0.381. The number of rotatable bonds is 4. The number of ether oxygens (including phenoxy) is 1. The minimum Gasteiger partial charge on any atom is -0.426 e. The molecule has 0 spiro atoms. The number of thiophene rings is 1. The summed E-state index contributed by atoms with van der Waals surface area (Å²) < 4.78 is 5.30. The van der Waals surface area contributed by atoms with Gasteiger partial charge in [0.15, 0.2) is 0 Å². The summed E-state index contributed by atoms with van der Waals surface area (Å²) >= 11 is 1.45. The lowest BCUT2D eigenvalue weighted by Crippen LogP contribution is -2.24. The van der Waals surface area contributed by atoms with Crippen LogP contribution in [0.1, 0.15) is 16.8 Å². The van der Waals surface area contributed by atoms with Crippen LogP contribution in [0.5, 0.6) is 5.75 Å². The molecule has 6 nitrogen and oxygen atoms in total. The van der Waals surface area contributed by atoms with Gasteiger partial charge in [-0.1, -0.05) is 0 Å². The maximum Gasteiger partial charge on any atom is 0.316 e. The van der Waals surface area contributed by atoms with E-state index in [1.807, 2.05) is 5.38 Å². The lowest BCUT2D eigenvalue weighted by molar-refractivity contribution is -0.139. The summed E-state index contributed by atoms with van der Waals surface area (Å²) in [5, 5.41) is 6.37. The first-order valence-electron chi connectivity index (χ1n) is 7.42. The summed E-state index contributed by atoms with van der Waals surface area (Å²) in [6, 6.07) is 8.30. The number of hydrogen-bond donors (Lipinski definition) is 1. The molecule has 1 fully saturated rings. The summed E-state index contributed by atoms with van der Waals surface area (Å²) in [5.41, 5.74) is 1.22. The largest absolute Gasteiger partial charge is 0.426 e. The lowest BCUT2D eigenvalue weighted by Gasteiger charge is -2.10. The van der Waals surface area contributed by atoms with Gasteiger partial charge in [-0.2, -0.15) is 11.3 Å². The summed E-state index contributed by atoms with van der Waals surface area (Å²) in [6.07, 6.45) is 0.185. The van der Waals surface area contributed by atoms with Crippen LogP contribution in [0.4, 0.5) is 5.69 Å². The molecule has 1 aromatic carbocycles. The maximum absolute atomic E-state index is 12.1. The third-order valence-electron chi connectivity index (χ3n) is 3.79. The van der Waals surface area contributed by atoms with Gasteiger partial charge in [0.2, 0.25) is 5.91 Å². The molecule has 24 heavy (non-hydrogen) atoms. The van der Waals surface area contributed by atoms with Crippen LogP contribution < -0.4 is 10.1 Å². The summed E-state index contributed by atoms with van der Waals surface area (Å²) in [5.74, 6) is -0.698. The van der Waals surface area contributed by atoms with Crippen LogP contribution in [0.2, 0.25) is 0 Å². The zero-order chi connectivity index (χ0) is 17.1. The molecule has 2 aromatic rings. The molecule has 3 rings (SSSR count). The van der Waals surface area contributed by atoms with Gasteiger partial charge in [0, 0.05) is 31.1 Å². The highest BCUT2D eigenvalue weighted by Crippen LogP contribution is 2.21. The number of esters is 1. The zero-order valence-electron chi connectivity index (χ0n) is 13.0. The van der Waals surface area contributed by atoms with Gasteiger partial charge < -0.3 is 15.0 Å². The van der Waals surface area contributed by atoms with Crippen LogP contribution in [0.25, 0.3) is 0 Å². The molecular formula is C17H16N2O4S. The topological polar surface area (TPSA) is 75.7 Å². The van der Waals surface area contributed by atoms with Crippen LogP contribution in [0, 0.1) is 5.92 Å². The van der Waals surface area contributed by atoms with Gasteiger partial charge in [0.25, 0.3) is 5.91 Å². The van der Waals surface area contributed by atoms with Gasteiger partial charge in [-0.15, -0.1) is 0 Å². The molecule has 1 N–H and O–H groups in total. The van der Waals surface area contributed by atoms with E-state index in [2.05, 4.69) is 5.32 Å². The molecule has 0 radical (unpaired) electrons. The monoisotopic (exact) mass is 344 g/mol. The molecule has 1 saturated heterocycles. The van der Waals surface area contributed by atoms with E-state index in [-0.39, 0.29) is 18.2 Å². The Hall–Kier alpha value is -2.67. The van der Waals surface area contributed by atoms with E-state index in [1.165, 1.54) is 16.2 Å². The second kappa shape index (κ2) is 6.84. The van der Waals surface area contributed by atoms with E-state index in [0.29, 0.717) is 23.5 Å². The number of nitrogens with zero attached hydrogens (tertiary/aromatic N) is 1. The van der Waals surface area contributed by atoms with Crippen molar-refractivity contribution in [2.75, 3.05) is 18.9 Å². The Labute approximate surface area is 143 Å². The van der Waals surface area contributed by atoms with Gasteiger partial charge in [-0.3, -0.25) is 14.4 Å². The van der Waals surface area contributed by atoms with Crippen molar-refractivity contribution in [2.45, 2.75) is 6.42 Å². The van der Waals surface area contributed by atoms with E-state index >= 15 is 0 Å². The van der Waals surface area contributed by atoms with Crippen LogP contribution in [0.15, 0.2) is 41.1 Å². The van der Waals surface area contributed by atoms with E-state index in [0.717, 1.165) is 0 Å². The third kappa shape index (κ3) is 3.62. The van der Waals surface area contributed by atoms with Crippen LogP contribution in [0.3, 0.4) is 0 Å². The van der Waals surface area contributed by atoms with Gasteiger partial charge >= 0.3 is 5.97 Å². The molecule has 7 heteroatoms. The molecule has 0 saturated carbocycles. The number of nitrogens with one attached hydrogen (secondary N) is 1. The van der Waals surface area contributed by atoms with Crippen molar-refractivity contribution >= 4 is 34.8 Å². The second-order valence-electron chi connectivity index (χ2n) is 5.59. The molecule has 2 amide bonds. The molecule has 0 unspecified atom stereocenters. The Morgan fingerprint density at radius 2 is 2.00 bits per heavy atom. The minimum atomic E-state index is -0.430. The van der Waals surface area contributed by atoms with Gasteiger partial charge in [0.05, 0.1) is 11.5 Å². The molecule has 0 aliphatic carbocycles. The number of benzene rings is 1. The predicted octanol–water partition coefficient (Wildman–Crippen LogP) is 2.38. The van der Waals surface area contributed by atoms with Gasteiger partial charge in [0.1, 0.15) is 5.75 Å². The van der Waals surface area contributed by atoms with Gasteiger partial charge in [-0.25, -0.2) is 0 Å². The fourth-order valence-electron chi connectivity index (χ4n) is 2.42. The van der Waals surface area contributed by atoms with Crippen LogP contribution in [-0.4, -0.2) is 36.3 Å². The molecule has 124 valence electrons. The Morgan fingerprint density at radius 3 is 2.58 bits per heavy atom. The smallest absolute Gasteiger partial charge is 0.316 e. The quantitative estimate of drug-likeness (QED) is 0.682. The van der Waals surface area contributed by atoms with E-state index in [9.17, 15) is 14.4 Å². The number of anilines is 1. The molecule has 0 bridgehead atoms. The van der Waals surface area contributed by atoms with Crippen molar-refractivity contribution in [3.63, 3.8) is 0 Å². The summed E-state index contributed by atoms with van der Waals surface area (Å²) in [4.78, 5) is 37.0. The Balaban J connectivity index is 1.57. The average molecular weight is 344 g/mol. The van der Waals surface area contributed by atoms with Crippen molar-refractivity contribution in [1.82, 2.24) is 4.90 Å². The predicted molar refractivity (Wildman–Crippen MR) is 90.1 cm³/mol. The highest BCUT2D eigenvalue weighted by molar-refractivity contribution is 7.08. The lowest BCUT2D eigenvalue weighted by atomic mass is 10.1. The third-order valence-corrected chi connectivity index (χ3v) is 4.47. The normalized spacial score (nSPS) is 17.0. The summed E-state index contributed by atoms with van der Waals surface area (Å²) in [7, 11) is 1.67. The molecule has 1 atom stereocenters. The molecule has 1 aromatic heterocycles. The Kier molecular flexibility index (Phi) is 4.61. The standard InChI is InChI=1S/C17H16N2O4S/c1-19-9-12(8-15(19)20)17(22)23-14-4-2-13(3-5-14)18-16(21)11-6-7-24-10-11/h2-7,10,12H,8-9H2,1H3,(H,18,21)/t12-/m0/s1. The first-order valence-corrected chi connectivity index (χ1v) is 8.36. The Bertz CT molecular complexity index is 755. The zero-order valence-corrected chi connectivity index (χ0v) is 13.8. The highest BCUT2D eigenvalue weighted by atomic mass is 32.1. The molecule has 1 aliphatic heterocycles. The fourth-order valence-corrected chi connectivity index (χ4v) is 3.06. The van der Waals surface area contributed by atoms with Crippen LogP contribution >= 0.6 is 11.3 Å². The SMILES string of the molecule is CN1C[C@@H](C(=O)Oc2ccc(NC(=O)c3ccsc3)cc2)CC1=O. The van der Waals surface area contributed by atoms with E-state index in [1.54, 1.807) is 42.8 Å². The van der Waals surface area contributed by atoms with Crippen LogP contribution in [-0.2, 0) is 9.59 Å². The van der Waals surface area contributed by atoms with Crippen molar-refractivity contribution in [1.29, 1.82) is 0 Å². The first-order chi connectivity index (χ1) is 11.5. The fraction of sp³-hybridized carbons (Fsp3) is 0.235. The first kappa shape index (κ1) is 16.2. The van der Waals surface area contributed by atoms with Crippen molar-refractivity contribution in [2.24, 2.45) is 5.92 Å². The number of amides is 2. The number of hydrogen-bond acceptors (Lipinski definition) is 5. The van der Waals surface area contributed by atoms with Gasteiger partial charge in [-0.05, 0) is 35.7 Å². The highest BCUT2D eigenvalue weighted by Gasteiger charge is 2.33. The Morgan fingerprint density at radius 1 is 1.25 bits per heavy atom. The number of carbonyl (C=O) groups is 3. The second-order valence-corrected chi connectivity index (χ2v) is 6.37. The number of carbonyl (C=O) groups excluding carboxylic acids is 3. The maximum atomic E-state index is 12.1. The molecular weight excluding hydrogens is 328 g/mol. The van der Waals surface area contributed by atoms with Crippen molar-refractivity contribution in [3.05, 3.63) is 46.7 Å². The van der Waals surface area contributed by atoms with Crippen molar-refractivity contribution < 1.29 is 19.1 Å². The van der Waals surface area contributed by atoms with E-state index in [4.69, 9.17) is 4.74 Å².